The van der Waals surface area contributed by atoms with Gasteiger partial charge in [-0.25, -0.2) is 22.0 Å². The van der Waals surface area contributed by atoms with E-state index in [0.29, 0.717) is 0 Å². The predicted octanol–water partition coefficient (Wildman–Crippen LogP) is 3.78. The normalized spacial score (nSPS) is 12.8. The Hall–Kier alpha value is -1.07. The van der Waals surface area contributed by atoms with Crippen molar-refractivity contribution < 1.29 is 22.0 Å². The molecule has 1 aromatic rings. The first-order valence-corrected chi connectivity index (χ1v) is 4.80. The van der Waals surface area contributed by atoms with E-state index in [1.165, 1.54) is 6.92 Å². The Morgan fingerprint density at radius 2 is 1.06 bits per heavy atom. The molecule has 1 rings (SSSR count). The summed E-state index contributed by atoms with van der Waals surface area (Å²) >= 11 is 0. The fraction of sp³-hybridized carbons (Fsp3) is 0.400. The summed E-state index contributed by atoms with van der Waals surface area (Å²) in [6, 6.07) is 0. The molecule has 0 aliphatic rings. The van der Waals surface area contributed by atoms with E-state index in [1.807, 2.05) is 0 Å². The Morgan fingerprint density at radius 3 is 1.38 bits per heavy atom. The number of hydrogen-bond donors (Lipinski definition) is 0. The van der Waals surface area contributed by atoms with Crippen LogP contribution in [0, 0.1) is 29.1 Å². The van der Waals surface area contributed by atoms with Crippen LogP contribution in [0.1, 0.15) is 18.3 Å². The van der Waals surface area contributed by atoms with Gasteiger partial charge in [0.1, 0.15) is 6.71 Å². The zero-order chi connectivity index (χ0) is 12.6. The van der Waals surface area contributed by atoms with Gasteiger partial charge in [0, 0.05) is 5.56 Å². The van der Waals surface area contributed by atoms with Gasteiger partial charge >= 0.3 is 0 Å². The number of hydrogen-bond acceptors (Lipinski definition) is 0. The summed E-state index contributed by atoms with van der Waals surface area (Å²) in [6.45, 7) is 4.47. The molecule has 6 heteroatoms. The van der Waals surface area contributed by atoms with Crippen molar-refractivity contribution in [3.8, 4) is 0 Å². The van der Waals surface area contributed by atoms with Crippen molar-refractivity contribution in [3.05, 3.63) is 34.6 Å². The minimum Gasteiger partial charge on any atom is -0.203 e. The molecular formula is C10H10BF5. The second kappa shape index (κ2) is 4.43. The highest BCUT2D eigenvalue weighted by molar-refractivity contribution is 6.57. The molecule has 1 unspecified atom stereocenters. The zero-order valence-electron chi connectivity index (χ0n) is 9.04. The average Bonchev–Trinajstić information content (AvgIpc) is 2.23. The highest BCUT2D eigenvalue weighted by Gasteiger charge is 2.30. The minimum absolute atomic E-state index is 0.228. The van der Waals surface area contributed by atoms with E-state index in [2.05, 4.69) is 0 Å². The lowest BCUT2D eigenvalue weighted by atomic mass is 9.44. The number of benzene rings is 1. The first-order valence-electron chi connectivity index (χ1n) is 4.80. The molecule has 0 saturated heterocycles. The van der Waals surface area contributed by atoms with Crippen LogP contribution >= 0.6 is 0 Å². The molecule has 16 heavy (non-hydrogen) atoms. The fourth-order valence-corrected chi connectivity index (χ4v) is 1.35. The third kappa shape index (κ3) is 1.93. The maximum absolute atomic E-state index is 13.3. The van der Waals surface area contributed by atoms with Crippen LogP contribution in [0.15, 0.2) is 0 Å². The van der Waals surface area contributed by atoms with Gasteiger partial charge in [0.05, 0.1) is 0 Å². The van der Waals surface area contributed by atoms with Crippen molar-refractivity contribution >= 4 is 6.71 Å². The zero-order valence-corrected chi connectivity index (χ0v) is 9.04. The molecular weight excluding hydrogens is 226 g/mol. The van der Waals surface area contributed by atoms with Gasteiger partial charge in [0.15, 0.2) is 23.3 Å². The summed E-state index contributed by atoms with van der Waals surface area (Å²) in [5, 5.41) is 0. The lowest BCUT2D eigenvalue weighted by molar-refractivity contribution is 0.369. The highest BCUT2D eigenvalue weighted by atomic mass is 19.2. The third-order valence-electron chi connectivity index (χ3n) is 2.70. The molecule has 0 aromatic heterocycles. The van der Waals surface area contributed by atoms with Crippen LogP contribution in [-0.4, -0.2) is 6.71 Å². The van der Waals surface area contributed by atoms with Gasteiger partial charge in [0.25, 0.3) is 0 Å². The van der Waals surface area contributed by atoms with Gasteiger partial charge in [-0.05, 0) is 5.82 Å². The molecule has 0 N–H and O–H groups in total. The molecule has 0 aliphatic heterocycles. The maximum atomic E-state index is 13.3. The van der Waals surface area contributed by atoms with Gasteiger partial charge in [-0.15, -0.1) is 0 Å². The monoisotopic (exact) mass is 236 g/mol. The first-order chi connectivity index (χ1) is 7.29. The minimum atomic E-state index is -2.12. The van der Waals surface area contributed by atoms with Gasteiger partial charge in [-0.3, -0.25) is 0 Å². The standard InChI is InChI=1S/C10H10BF5/c1-4(11(2)3)5-6(12)8(14)10(16)9(15)7(5)13/h4H,1-3H3. The molecule has 0 heterocycles. The van der Waals surface area contributed by atoms with Crippen molar-refractivity contribution in [1.82, 2.24) is 0 Å². The third-order valence-corrected chi connectivity index (χ3v) is 2.70. The number of rotatable bonds is 2. The largest absolute Gasteiger partial charge is 0.203 e. The van der Waals surface area contributed by atoms with Gasteiger partial charge in [-0.2, -0.15) is 0 Å². The van der Waals surface area contributed by atoms with Gasteiger partial charge in [0.2, 0.25) is 5.82 Å². The van der Waals surface area contributed by atoms with E-state index in [0.717, 1.165) is 0 Å². The van der Waals surface area contributed by atoms with Crippen LogP contribution in [0.5, 0.6) is 0 Å². The molecule has 1 atom stereocenters. The van der Waals surface area contributed by atoms with Crippen molar-refractivity contribution in [2.75, 3.05) is 0 Å². The lowest BCUT2D eigenvalue weighted by Crippen LogP contribution is -2.18. The topological polar surface area (TPSA) is 0 Å². The Bertz CT molecular complexity index is 387. The van der Waals surface area contributed by atoms with Crippen LogP contribution < -0.4 is 0 Å². The SMILES string of the molecule is CB(C)C(C)c1c(F)c(F)c(F)c(F)c1F. The lowest BCUT2D eigenvalue weighted by Gasteiger charge is -2.16. The van der Waals surface area contributed by atoms with Crippen LogP contribution in [0.3, 0.4) is 0 Å². The van der Waals surface area contributed by atoms with Crippen molar-refractivity contribution in [1.29, 1.82) is 0 Å². The fourth-order valence-electron chi connectivity index (χ4n) is 1.35. The summed E-state index contributed by atoms with van der Waals surface area (Å²) < 4.78 is 65.1. The summed E-state index contributed by atoms with van der Waals surface area (Å²) in [4.78, 5) is 0. The molecule has 1 aromatic carbocycles. The molecule has 0 amide bonds. The van der Waals surface area contributed by atoms with Crippen LogP contribution in [0.4, 0.5) is 22.0 Å². The first kappa shape index (κ1) is 13.0. The van der Waals surface area contributed by atoms with Crippen LogP contribution in [-0.2, 0) is 0 Å². The molecule has 0 bridgehead atoms. The average molecular weight is 236 g/mol. The van der Waals surface area contributed by atoms with E-state index in [4.69, 9.17) is 0 Å². The van der Waals surface area contributed by atoms with Crippen molar-refractivity contribution in [2.24, 2.45) is 0 Å². The maximum Gasteiger partial charge on any atom is 0.200 e. The van der Waals surface area contributed by atoms with E-state index in [1.54, 1.807) is 13.6 Å². The van der Waals surface area contributed by atoms with Crippen molar-refractivity contribution in [2.45, 2.75) is 26.4 Å². The quantitative estimate of drug-likeness (QED) is 0.317. The molecule has 0 saturated carbocycles. The molecule has 88 valence electrons. The summed E-state index contributed by atoms with van der Waals surface area (Å²) in [7, 11) is 0. The second-order valence-electron chi connectivity index (χ2n) is 4.02. The van der Waals surface area contributed by atoms with Crippen LogP contribution in [0.2, 0.25) is 13.6 Å². The Balaban J connectivity index is 3.51. The summed E-state index contributed by atoms with van der Waals surface area (Å²) in [5.41, 5.74) is -0.744. The smallest absolute Gasteiger partial charge is 0.200 e. The molecule has 0 nitrogen and oxygen atoms in total. The molecule has 0 spiro atoms. The van der Waals surface area contributed by atoms with E-state index in [-0.39, 0.29) is 6.71 Å². The van der Waals surface area contributed by atoms with E-state index < -0.39 is 40.5 Å². The summed E-state index contributed by atoms with van der Waals surface area (Å²) in [6.07, 6.45) is 0. The highest BCUT2D eigenvalue weighted by Crippen LogP contribution is 2.29. The van der Waals surface area contributed by atoms with E-state index in [9.17, 15) is 22.0 Å². The van der Waals surface area contributed by atoms with Gasteiger partial charge < -0.3 is 0 Å². The Kier molecular flexibility index (Phi) is 3.60. The molecule has 0 fully saturated rings. The molecule has 0 radical (unpaired) electrons. The summed E-state index contributed by atoms with van der Waals surface area (Å²) in [5.74, 6) is -10.1. The molecule has 0 aliphatic carbocycles. The number of halogens is 5. The Labute approximate surface area is 90.5 Å². The predicted molar refractivity (Wildman–Crippen MR) is 52.1 cm³/mol. The van der Waals surface area contributed by atoms with Crippen LogP contribution in [0.25, 0.3) is 0 Å². The van der Waals surface area contributed by atoms with E-state index >= 15 is 0 Å². The van der Waals surface area contributed by atoms with Crippen molar-refractivity contribution in [3.63, 3.8) is 0 Å². The second-order valence-corrected chi connectivity index (χ2v) is 4.02. The van der Waals surface area contributed by atoms with Gasteiger partial charge in [-0.1, -0.05) is 20.6 Å². The Morgan fingerprint density at radius 1 is 0.750 bits per heavy atom.